The molecule has 0 spiro atoms. The average molecular weight is 499 g/mol. The van der Waals surface area contributed by atoms with Gasteiger partial charge >= 0.3 is 5.97 Å². The van der Waals surface area contributed by atoms with Gasteiger partial charge in [-0.05, 0) is 104 Å². The largest absolute Gasteiger partial charge is 0.462 e. The van der Waals surface area contributed by atoms with Crippen molar-refractivity contribution < 1.29 is 14.6 Å². The predicted octanol–water partition coefficient (Wildman–Crippen LogP) is 8.10. The number of hydrogen-bond donors (Lipinski definition) is 1. The van der Waals surface area contributed by atoms with Crippen LogP contribution in [0.15, 0.2) is 11.1 Å². The second-order valence-corrected chi connectivity index (χ2v) is 15.7. The minimum atomic E-state index is -0.130. The van der Waals surface area contributed by atoms with Crippen LogP contribution < -0.4 is 0 Å². The predicted molar refractivity (Wildman–Crippen MR) is 146 cm³/mol. The first-order chi connectivity index (χ1) is 16.6. The van der Waals surface area contributed by atoms with Gasteiger partial charge in [-0.3, -0.25) is 4.79 Å². The molecule has 3 nitrogen and oxygen atoms in total. The van der Waals surface area contributed by atoms with Crippen molar-refractivity contribution in [2.24, 2.45) is 50.2 Å². The molecule has 0 aliphatic heterocycles. The monoisotopic (exact) mass is 498 g/mol. The van der Waals surface area contributed by atoms with Crippen molar-refractivity contribution in [3.05, 3.63) is 11.1 Å². The summed E-state index contributed by atoms with van der Waals surface area (Å²) < 4.78 is 5.97. The number of ether oxygens (including phenoxy) is 1. The van der Waals surface area contributed by atoms with Gasteiger partial charge in [0.05, 0.1) is 6.61 Å². The number of carbonyl (C=O) groups is 1. The van der Waals surface area contributed by atoms with E-state index < -0.39 is 0 Å². The van der Waals surface area contributed by atoms with Gasteiger partial charge in [-0.2, -0.15) is 0 Å². The lowest BCUT2D eigenvalue weighted by molar-refractivity contribution is -0.270. The summed E-state index contributed by atoms with van der Waals surface area (Å²) >= 11 is 0. The van der Waals surface area contributed by atoms with Crippen molar-refractivity contribution in [3.63, 3.8) is 0 Å². The van der Waals surface area contributed by atoms with Crippen LogP contribution >= 0.6 is 0 Å². The minimum Gasteiger partial charge on any atom is -0.462 e. The van der Waals surface area contributed by atoms with E-state index >= 15 is 0 Å². The maximum absolute atomic E-state index is 12.0. The molecule has 5 aliphatic rings. The first kappa shape index (κ1) is 26.8. The minimum absolute atomic E-state index is 0.0152. The van der Waals surface area contributed by atoms with Crippen molar-refractivity contribution in [2.45, 2.75) is 133 Å². The zero-order valence-corrected chi connectivity index (χ0v) is 24.9. The molecule has 0 aromatic carbocycles. The summed E-state index contributed by atoms with van der Waals surface area (Å²) in [6, 6.07) is 0. The van der Waals surface area contributed by atoms with Gasteiger partial charge < -0.3 is 9.84 Å². The highest BCUT2D eigenvalue weighted by Crippen LogP contribution is 2.79. The molecule has 4 saturated carbocycles. The van der Waals surface area contributed by atoms with Crippen LogP contribution in [-0.4, -0.2) is 23.8 Å². The molecule has 0 radical (unpaired) electrons. The Morgan fingerprint density at radius 2 is 1.56 bits per heavy atom. The number of aliphatic hydroxyl groups excluding tert-OH is 1. The number of esters is 1. The van der Waals surface area contributed by atoms with E-state index in [1.54, 1.807) is 18.1 Å². The average Bonchev–Trinajstić information content (AvgIpc) is 3.19. The maximum Gasteiger partial charge on any atom is 0.302 e. The third-order valence-electron chi connectivity index (χ3n) is 14.5. The summed E-state index contributed by atoms with van der Waals surface area (Å²) in [5.74, 6) is 1.77. The molecule has 36 heavy (non-hydrogen) atoms. The molecule has 0 heterocycles. The van der Waals surface area contributed by atoms with Gasteiger partial charge in [0.25, 0.3) is 0 Å². The Morgan fingerprint density at radius 3 is 2.17 bits per heavy atom. The normalized spacial score (nSPS) is 49.7. The standard InChI is InChI=1S/C33H54O3/c1-21(2)23-12-15-33(20-34)19-17-29(6)24(27(23)33)10-11-25-30(29,7)16-18-32(9)28(4,5)26(36-22(3)35)13-14-31(25,32)8/h21,24-26,34H,10-20H2,1-9H3. The lowest BCUT2D eigenvalue weighted by Gasteiger charge is -2.75. The van der Waals surface area contributed by atoms with Crippen LogP contribution in [0.25, 0.3) is 0 Å². The van der Waals surface area contributed by atoms with E-state index in [4.69, 9.17) is 4.74 Å². The number of hydrogen-bond acceptors (Lipinski definition) is 3. The third kappa shape index (κ3) is 3.05. The number of allylic oxidation sites excluding steroid dienone is 1. The molecule has 5 rings (SSSR count). The number of carbonyl (C=O) groups excluding carboxylic acids is 1. The molecule has 0 aromatic heterocycles. The van der Waals surface area contributed by atoms with E-state index in [-0.39, 0.29) is 39.1 Å². The summed E-state index contributed by atoms with van der Waals surface area (Å²) in [5, 5.41) is 10.7. The van der Waals surface area contributed by atoms with Crippen LogP contribution in [0.3, 0.4) is 0 Å². The Labute approximate surface area is 221 Å². The SMILES string of the molecule is CC(=O)OC1CCC2(C)C3CCC4C5=C(C(C)C)CCC5(CO)CCC4(C)C3(C)CCC2(C)C1(C)C. The third-order valence-corrected chi connectivity index (χ3v) is 14.5. The van der Waals surface area contributed by atoms with Gasteiger partial charge in [0.1, 0.15) is 6.10 Å². The van der Waals surface area contributed by atoms with E-state index in [1.165, 1.54) is 51.4 Å². The van der Waals surface area contributed by atoms with E-state index in [2.05, 4.69) is 55.4 Å². The smallest absolute Gasteiger partial charge is 0.302 e. The summed E-state index contributed by atoms with van der Waals surface area (Å²) in [6.45, 7) is 22.0. The van der Waals surface area contributed by atoms with E-state index in [0.29, 0.717) is 29.8 Å². The van der Waals surface area contributed by atoms with E-state index in [1.807, 2.05) is 0 Å². The number of rotatable bonds is 3. The Balaban J connectivity index is 1.57. The molecule has 0 aromatic rings. The van der Waals surface area contributed by atoms with Crippen LogP contribution in [0, 0.1) is 50.2 Å². The Bertz CT molecular complexity index is 962. The molecular formula is C33H54O3. The van der Waals surface area contributed by atoms with Crippen molar-refractivity contribution in [1.82, 2.24) is 0 Å². The van der Waals surface area contributed by atoms with Crippen molar-refractivity contribution in [2.75, 3.05) is 6.61 Å². The highest BCUT2D eigenvalue weighted by molar-refractivity contribution is 5.66. The topological polar surface area (TPSA) is 46.5 Å². The molecule has 1 N–H and O–H groups in total. The molecule has 8 atom stereocenters. The molecule has 0 saturated heterocycles. The summed E-state index contributed by atoms with van der Waals surface area (Å²) in [6.07, 6.45) is 12.0. The summed E-state index contributed by atoms with van der Waals surface area (Å²) in [5.41, 5.74) is 4.40. The van der Waals surface area contributed by atoms with Crippen molar-refractivity contribution >= 4 is 5.97 Å². The molecule has 0 bridgehead atoms. The van der Waals surface area contributed by atoms with Gasteiger partial charge in [-0.1, -0.05) is 66.5 Å². The fourth-order valence-corrected chi connectivity index (χ4v) is 11.6. The molecule has 3 heteroatoms. The van der Waals surface area contributed by atoms with Crippen LogP contribution in [0.2, 0.25) is 0 Å². The molecular weight excluding hydrogens is 444 g/mol. The number of fused-ring (bicyclic) bond motifs is 7. The van der Waals surface area contributed by atoms with Gasteiger partial charge in [0.15, 0.2) is 0 Å². The van der Waals surface area contributed by atoms with Crippen LogP contribution in [0.1, 0.15) is 127 Å². The number of aliphatic hydroxyl groups is 1. The van der Waals surface area contributed by atoms with Crippen LogP contribution in [-0.2, 0) is 9.53 Å². The maximum atomic E-state index is 12.0. The highest BCUT2D eigenvalue weighted by atomic mass is 16.5. The molecule has 5 aliphatic carbocycles. The lowest BCUT2D eigenvalue weighted by atomic mass is 9.29. The zero-order valence-electron chi connectivity index (χ0n) is 24.9. The fourth-order valence-electron chi connectivity index (χ4n) is 11.6. The Kier molecular flexibility index (Phi) is 6.01. The van der Waals surface area contributed by atoms with E-state index in [9.17, 15) is 9.90 Å². The first-order valence-corrected chi connectivity index (χ1v) is 15.2. The lowest BCUT2D eigenvalue weighted by Crippen LogP contribution is -2.69. The van der Waals surface area contributed by atoms with Gasteiger partial charge in [0.2, 0.25) is 0 Å². The molecule has 0 amide bonds. The van der Waals surface area contributed by atoms with Gasteiger partial charge in [-0.25, -0.2) is 0 Å². The van der Waals surface area contributed by atoms with Gasteiger partial charge in [-0.15, -0.1) is 0 Å². The van der Waals surface area contributed by atoms with E-state index in [0.717, 1.165) is 12.8 Å². The van der Waals surface area contributed by atoms with Gasteiger partial charge in [0, 0.05) is 17.8 Å². The molecule has 4 fully saturated rings. The first-order valence-electron chi connectivity index (χ1n) is 15.2. The second kappa shape index (κ2) is 8.09. The van der Waals surface area contributed by atoms with Crippen LogP contribution in [0.5, 0.6) is 0 Å². The Hall–Kier alpha value is -0.830. The van der Waals surface area contributed by atoms with Crippen LogP contribution in [0.4, 0.5) is 0 Å². The molecule has 8 unspecified atom stereocenters. The second-order valence-electron chi connectivity index (χ2n) is 15.7. The highest BCUT2D eigenvalue weighted by Gasteiger charge is 2.72. The summed E-state index contributed by atoms with van der Waals surface area (Å²) in [4.78, 5) is 12.0. The van der Waals surface area contributed by atoms with Crippen molar-refractivity contribution in [1.29, 1.82) is 0 Å². The molecule has 204 valence electrons. The Morgan fingerprint density at radius 1 is 0.889 bits per heavy atom. The quantitative estimate of drug-likeness (QED) is 0.316. The fraction of sp³-hybridized carbons (Fsp3) is 0.909. The zero-order chi connectivity index (χ0) is 26.5. The van der Waals surface area contributed by atoms with Crippen molar-refractivity contribution in [3.8, 4) is 0 Å². The summed E-state index contributed by atoms with van der Waals surface area (Å²) in [7, 11) is 0.